The number of methoxy groups -OCH3 is 1. The van der Waals surface area contributed by atoms with Crippen molar-refractivity contribution in [2.24, 2.45) is 5.41 Å². The second-order valence-electron chi connectivity index (χ2n) is 4.79. The van der Waals surface area contributed by atoms with Gasteiger partial charge in [-0.3, -0.25) is 0 Å². The summed E-state index contributed by atoms with van der Waals surface area (Å²) in [6.45, 7) is 3.05. The lowest BCUT2D eigenvalue weighted by Crippen LogP contribution is -2.32. The van der Waals surface area contributed by atoms with Crippen LogP contribution in [0.1, 0.15) is 18.9 Å². The van der Waals surface area contributed by atoms with Crippen LogP contribution in [-0.2, 0) is 11.2 Å². The summed E-state index contributed by atoms with van der Waals surface area (Å²) in [4.78, 5) is 0. The van der Waals surface area contributed by atoms with Crippen molar-refractivity contribution in [2.75, 3.05) is 19.0 Å². The van der Waals surface area contributed by atoms with E-state index >= 15 is 0 Å². The molecule has 94 valence electrons. The van der Waals surface area contributed by atoms with Gasteiger partial charge in [0.1, 0.15) is 5.75 Å². The fraction of sp³-hybridized carbons (Fsp3) is 0.571. The number of hydrogen-bond donors (Lipinski definition) is 0. The number of rotatable bonds is 4. The van der Waals surface area contributed by atoms with Crippen LogP contribution >= 0.6 is 15.9 Å². The molecule has 0 spiro atoms. The Bertz CT molecular complexity index is 380. The molecule has 1 fully saturated rings. The fourth-order valence-electron chi connectivity index (χ4n) is 2.46. The van der Waals surface area contributed by atoms with Gasteiger partial charge in [0.25, 0.3) is 0 Å². The molecule has 17 heavy (non-hydrogen) atoms. The first-order valence-electron chi connectivity index (χ1n) is 6.01. The Morgan fingerprint density at radius 1 is 1.53 bits per heavy atom. The van der Waals surface area contributed by atoms with Crippen molar-refractivity contribution < 1.29 is 9.47 Å². The summed E-state index contributed by atoms with van der Waals surface area (Å²) in [5.41, 5.74) is 1.55. The van der Waals surface area contributed by atoms with Crippen molar-refractivity contribution in [3.8, 4) is 5.75 Å². The molecule has 0 aliphatic carbocycles. The van der Waals surface area contributed by atoms with Crippen molar-refractivity contribution >= 4 is 15.9 Å². The van der Waals surface area contributed by atoms with E-state index in [0.717, 1.165) is 30.5 Å². The summed E-state index contributed by atoms with van der Waals surface area (Å²) in [5.74, 6) is 0.929. The monoisotopic (exact) mass is 298 g/mol. The van der Waals surface area contributed by atoms with Gasteiger partial charge >= 0.3 is 0 Å². The maximum absolute atomic E-state index is 5.73. The van der Waals surface area contributed by atoms with Gasteiger partial charge in [-0.25, -0.2) is 0 Å². The van der Waals surface area contributed by atoms with Gasteiger partial charge in [-0.15, -0.1) is 0 Å². The Labute approximate surface area is 111 Å². The molecule has 3 heteroatoms. The fourth-order valence-corrected chi connectivity index (χ4v) is 3.40. The highest BCUT2D eigenvalue weighted by atomic mass is 79.9. The Hall–Kier alpha value is -0.540. The van der Waals surface area contributed by atoms with E-state index < -0.39 is 0 Å². The molecule has 0 aromatic heterocycles. The third-order valence-electron chi connectivity index (χ3n) is 3.79. The molecule has 2 atom stereocenters. The van der Waals surface area contributed by atoms with E-state index in [1.54, 1.807) is 7.11 Å². The molecule has 1 aliphatic rings. The average Bonchev–Trinajstić information content (AvgIpc) is 2.71. The van der Waals surface area contributed by atoms with Gasteiger partial charge in [0.15, 0.2) is 0 Å². The quantitative estimate of drug-likeness (QED) is 0.793. The van der Waals surface area contributed by atoms with Crippen LogP contribution in [-0.4, -0.2) is 25.2 Å². The third-order valence-corrected chi connectivity index (χ3v) is 4.90. The average molecular weight is 299 g/mol. The molecular weight excluding hydrogens is 280 g/mol. The van der Waals surface area contributed by atoms with E-state index in [9.17, 15) is 0 Å². The normalized spacial score (nSPS) is 28.3. The van der Waals surface area contributed by atoms with Gasteiger partial charge in [-0.1, -0.05) is 28.1 Å². The number of hydrogen-bond acceptors (Lipinski definition) is 2. The standard InChI is InChI=1S/C14H19BrO2/c1-11-14(10-15,6-7-17-11)9-12-4-3-5-13(8-12)16-2/h3-5,8,11H,6-7,9-10H2,1-2H3. The zero-order valence-electron chi connectivity index (χ0n) is 10.4. The lowest BCUT2D eigenvalue weighted by molar-refractivity contribution is 0.0746. The van der Waals surface area contributed by atoms with Gasteiger partial charge in [0.2, 0.25) is 0 Å². The largest absolute Gasteiger partial charge is 0.497 e. The Balaban J connectivity index is 2.18. The number of halogens is 1. The lowest BCUT2D eigenvalue weighted by atomic mass is 9.78. The van der Waals surface area contributed by atoms with Gasteiger partial charge in [0.05, 0.1) is 13.2 Å². The molecule has 1 aromatic carbocycles. The van der Waals surface area contributed by atoms with Gasteiger partial charge in [0, 0.05) is 17.4 Å². The number of alkyl halides is 1. The molecule has 1 saturated heterocycles. The number of benzene rings is 1. The van der Waals surface area contributed by atoms with E-state index in [2.05, 4.69) is 41.1 Å². The first-order valence-corrected chi connectivity index (χ1v) is 7.13. The predicted molar refractivity (Wildman–Crippen MR) is 73.0 cm³/mol. The molecule has 2 rings (SSSR count). The van der Waals surface area contributed by atoms with Crippen molar-refractivity contribution in [2.45, 2.75) is 25.9 Å². The summed E-state index contributed by atoms with van der Waals surface area (Å²) < 4.78 is 11.0. The van der Waals surface area contributed by atoms with Crippen LogP contribution in [0.3, 0.4) is 0 Å². The highest BCUT2D eigenvalue weighted by molar-refractivity contribution is 9.09. The maximum atomic E-state index is 5.73. The number of ether oxygens (including phenoxy) is 2. The maximum Gasteiger partial charge on any atom is 0.119 e. The predicted octanol–water partition coefficient (Wildman–Crippen LogP) is 3.43. The van der Waals surface area contributed by atoms with Crippen LogP contribution in [0.2, 0.25) is 0 Å². The molecule has 1 aromatic rings. The van der Waals surface area contributed by atoms with Gasteiger partial charge in [-0.05, 0) is 37.5 Å². The summed E-state index contributed by atoms with van der Waals surface area (Å²) >= 11 is 3.66. The van der Waals surface area contributed by atoms with Crippen LogP contribution in [0.5, 0.6) is 5.75 Å². The van der Waals surface area contributed by atoms with Crippen molar-refractivity contribution in [3.63, 3.8) is 0 Å². The molecule has 0 radical (unpaired) electrons. The molecule has 2 unspecified atom stereocenters. The summed E-state index contributed by atoms with van der Waals surface area (Å²) in [6.07, 6.45) is 2.47. The smallest absolute Gasteiger partial charge is 0.119 e. The zero-order chi connectivity index (χ0) is 12.3. The molecule has 1 heterocycles. The van der Waals surface area contributed by atoms with E-state index in [-0.39, 0.29) is 5.41 Å². The van der Waals surface area contributed by atoms with Crippen LogP contribution < -0.4 is 4.74 Å². The summed E-state index contributed by atoms with van der Waals surface area (Å²) in [5, 5.41) is 0.985. The minimum absolute atomic E-state index is 0.229. The van der Waals surface area contributed by atoms with Crippen LogP contribution in [0.4, 0.5) is 0 Å². The van der Waals surface area contributed by atoms with Crippen LogP contribution in [0.15, 0.2) is 24.3 Å². The first kappa shape index (κ1) is 12.9. The Kier molecular flexibility index (Phi) is 4.10. The molecule has 0 saturated carbocycles. The van der Waals surface area contributed by atoms with Crippen LogP contribution in [0.25, 0.3) is 0 Å². The molecule has 0 N–H and O–H groups in total. The van der Waals surface area contributed by atoms with E-state index in [1.807, 2.05) is 6.07 Å². The van der Waals surface area contributed by atoms with Gasteiger partial charge < -0.3 is 9.47 Å². The van der Waals surface area contributed by atoms with Crippen molar-refractivity contribution in [3.05, 3.63) is 29.8 Å². The summed E-state index contributed by atoms with van der Waals surface area (Å²) in [6, 6.07) is 8.32. The Morgan fingerprint density at radius 3 is 2.94 bits per heavy atom. The van der Waals surface area contributed by atoms with E-state index in [4.69, 9.17) is 9.47 Å². The Morgan fingerprint density at radius 2 is 2.35 bits per heavy atom. The minimum atomic E-state index is 0.229. The topological polar surface area (TPSA) is 18.5 Å². The van der Waals surface area contributed by atoms with E-state index in [0.29, 0.717) is 6.10 Å². The molecule has 1 aliphatic heterocycles. The molecule has 2 nitrogen and oxygen atoms in total. The van der Waals surface area contributed by atoms with Gasteiger partial charge in [-0.2, -0.15) is 0 Å². The lowest BCUT2D eigenvalue weighted by Gasteiger charge is -2.30. The minimum Gasteiger partial charge on any atom is -0.497 e. The molecule has 0 amide bonds. The summed E-state index contributed by atoms with van der Waals surface area (Å²) in [7, 11) is 1.71. The SMILES string of the molecule is COc1cccc(CC2(CBr)CCOC2C)c1. The highest BCUT2D eigenvalue weighted by Crippen LogP contribution is 2.40. The highest BCUT2D eigenvalue weighted by Gasteiger charge is 2.40. The molecule has 0 bridgehead atoms. The zero-order valence-corrected chi connectivity index (χ0v) is 12.0. The second-order valence-corrected chi connectivity index (χ2v) is 5.35. The first-order chi connectivity index (χ1) is 8.20. The third kappa shape index (κ3) is 2.66. The van der Waals surface area contributed by atoms with Crippen LogP contribution in [0, 0.1) is 5.41 Å². The molecular formula is C14H19BrO2. The van der Waals surface area contributed by atoms with Crippen molar-refractivity contribution in [1.29, 1.82) is 0 Å². The van der Waals surface area contributed by atoms with E-state index in [1.165, 1.54) is 5.56 Å². The second kappa shape index (κ2) is 5.40. The van der Waals surface area contributed by atoms with Crippen molar-refractivity contribution in [1.82, 2.24) is 0 Å².